The van der Waals surface area contributed by atoms with Crippen LogP contribution < -0.4 is 5.32 Å². The molecule has 3 atom stereocenters. The highest BCUT2D eigenvalue weighted by Gasteiger charge is 2.27. The van der Waals surface area contributed by atoms with Crippen LogP contribution in [0.4, 0.5) is 0 Å². The number of allylic oxidation sites excluding steroid dienone is 7. The summed E-state index contributed by atoms with van der Waals surface area (Å²) in [6.45, 7) is 4.79. The average molecular weight is 979 g/mol. The maximum Gasteiger partial charge on any atom is 0.472 e. The van der Waals surface area contributed by atoms with Crippen LogP contribution in [0.25, 0.3) is 0 Å². The third kappa shape index (κ3) is 52.3. The van der Waals surface area contributed by atoms with E-state index in [1.165, 1.54) is 205 Å². The largest absolute Gasteiger partial charge is 0.472 e. The Morgan fingerprint density at radius 1 is 0.500 bits per heavy atom. The zero-order chi connectivity index (χ0) is 49.9. The van der Waals surface area contributed by atoms with Crippen molar-refractivity contribution in [3.05, 3.63) is 48.6 Å². The molecule has 0 saturated heterocycles. The van der Waals surface area contributed by atoms with E-state index in [4.69, 9.17) is 9.05 Å². The highest BCUT2D eigenvalue weighted by molar-refractivity contribution is 7.47. The number of hydrogen-bond donors (Lipinski definition) is 3. The van der Waals surface area contributed by atoms with E-state index in [0.29, 0.717) is 17.4 Å². The second kappa shape index (κ2) is 50.4. The topological polar surface area (TPSA) is 105 Å². The number of aliphatic hydroxyl groups excluding tert-OH is 1. The first-order chi connectivity index (χ1) is 33.0. The highest BCUT2D eigenvalue weighted by Crippen LogP contribution is 2.43. The minimum Gasteiger partial charge on any atom is -0.387 e. The Morgan fingerprint density at radius 2 is 0.853 bits per heavy atom. The molecule has 68 heavy (non-hydrogen) atoms. The summed E-state index contributed by atoms with van der Waals surface area (Å²) in [5.41, 5.74) is 0. The molecule has 0 aliphatic carbocycles. The average Bonchev–Trinajstić information content (AvgIpc) is 3.30. The minimum atomic E-state index is -4.35. The first-order valence-corrected chi connectivity index (χ1v) is 30.5. The monoisotopic (exact) mass is 978 g/mol. The molecule has 0 aromatic carbocycles. The molecule has 0 saturated carbocycles. The predicted molar refractivity (Wildman–Crippen MR) is 295 cm³/mol. The Morgan fingerprint density at radius 3 is 1.26 bits per heavy atom. The van der Waals surface area contributed by atoms with Crippen LogP contribution in [0.5, 0.6) is 0 Å². The molecular weight excluding hydrogens is 864 g/mol. The molecule has 0 radical (unpaired) electrons. The van der Waals surface area contributed by atoms with Gasteiger partial charge in [0.25, 0.3) is 0 Å². The summed E-state index contributed by atoms with van der Waals surface area (Å²) in [6.07, 6.45) is 66.6. The number of unbranched alkanes of at least 4 members (excludes halogenated alkanes) is 34. The number of phosphoric ester groups is 1. The molecule has 0 spiro atoms. The molecule has 0 aliphatic heterocycles. The lowest BCUT2D eigenvalue weighted by atomic mass is 10.0. The van der Waals surface area contributed by atoms with Crippen LogP contribution in [0.3, 0.4) is 0 Å². The molecule has 0 aromatic heterocycles. The SMILES string of the molecule is CCCCCCC/C=C\C/C=C\CCCCCCCCCCCCCCCCCCCCCCCC(=O)NC(COP(=O)(O)OCC[N+](C)(C)C)C(O)/C=C/CC/C=C/CCCCCCCCC. The van der Waals surface area contributed by atoms with Crippen LogP contribution in [0, 0.1) is 0 Å². The van der Waals surface area contributed by atoms with Gasteiger partial charge in [-0.15, -0.1) is 0 Å². The first kappa shape index (κ1) is 66.5. The molecule has 0 fully saturated rings. The van der Waals surface area contributed by atoms with Crippen LogP contribution in [-0.2, 0) is 18.4 Å². The van der Waals surface area contributed by atoms with E-state index in [1.54, 1.807) is 6.08 Å². The summed E-state index contributed by atoms with van der Waals surface area (Å²) in [5.74, 6) is -0.184. The van der Waals surface area contributed by atoms with Gasteiger partial charge in [0.05, 0.1) is 39.9 Å². The molecule has 3 N–H and O–H groups in total. The van der Waals surface area contributed by atoms with Gasteiger partial charge < -0.3 is 19.8 Å². The van der Waals surface area contributed by atoms with Crippen LogP contribution in [0.1, 0.15) is 271 Å². The number of likely N-dealkylation sites (N-methyl/N-ethyl adjacent to an activating group) is 1. The van der Waals surface area contributed by atoms with E-state index >= 15 is 0 Å². The summed E-state index contributed by atoms with van der Waals surface area (Å²) in [6, 6.07) is -0.861. The van der Waals surface area contributed by atoms with Crippen molar-refractivity contribution in [2.45, 2.75) is 283 Å². The number of hydrogen-bond acceptors (Lipinski definition) is 5. The Labute approximate surface area is 422 Å². The number of quaternary nitrogens is 1. The molecule has 0 rings (SSSR count). The Bertz CT molecular complexity index is 1250. The standard InChI is InChI=1S/C59H113N2O6P/c1-6-8-10-12-14-16-18-20-21-22-23-24-25-26-27-28-29-30-31-32-33-34-35-36-37-38-39-41-43-45-47-49-51-53-59(63)60-57(56-67-68(64,65)66-55-54-61(3,4)5)58(62)52-50-48-46-44-42-40-19-17-15-13-11-9-7-2/h18,20,22-23,42,44,50,52,57-58,62H,6-17,19,21,24-41,43,45-49,51,53-56H2,1-5H3,(H-,60,63,64,65)/p+1/b20-18-,23-22-,44-42+,52-50+. The maximum atomic E-state index is 12.9. The number of phosphoric acid groups is 1. The molecule has 3 unspecified atom stereocenters. The molecule has 8 nitrogen and oxygen atoms in total. The molecule has 0 aromatic rings. The summed E-state index contributed by atoms with van der Waals surface area (Å²) in [5, 5.41) is 13.9. The fourth-order valence-corrected chi connectivity index (χ4v) is 9.18. The summed E-state index contributed by atoms with van der Waals surface area (Å²) in [4.78, 5) is 23.2. The molecule has 400 valence electrons. The van der Waals surface area contributed by atoms with Crippen LogP contribution in [0.2, 0.25) is 0 Å². The Balaban J connectivity index is 4.01. The number of nitrogens with one attached hydrogen (secondary N) is 1. The van der Waals surface area contributed by atoms with Gasteiger partial charge >= 0.3 is 7.82 Å². The number of carbonyl (C=O) groups excluding carboxylic acids is 1. The molecule has 9 heteroatoms. The van der Waals surface area contributed by atoms with Crippen molar-refractivity contribution in [1.82, 2.24) is 5.32 Å². The smallest absolute Gasteiger partial charge is 0.387 e. The van der Waals surface area contributed by atoms with Gasteiger partial charge in [-0.05, 0) is 64.2 Å². The van der Waals surface area contributed by atoms with Gasteiger partial charge in [-0.2, -0.15) is 0 Å². The van der Waals surface area contributed by atoms with Crippen molar-refractivity contribution in [1.29, 1.82) is 0 Å². The van der Waals surface area contributed by atoms with Crippen LogP contribution in [0.15, 0.2) is 48.6 Å². The summed E-state index contributed by atoms with van der Waals surface area (Å²) >= 11 is 0. The third-order valence-electron chi connectivity index (χ3n) is 13.0. The van der Waals surface area contributed by atoms with Crippen molar-refractivity contribution < 1.29 is 32.9 Å². The molecular formula is C59H114N2O6P+. The van der Waals surface area contributed by atoms with Crippen LogP contribution >= 0.6 is 7.82 Å². The number of amides is 1. The quantitative estimate of drug-likeness (QED) is 0.0243. The Kier molecular flexibility index (Phi) is 49.3. The molecule has 1 amide bonds. The van der Waals surface area contributed by atoms with E-state index < -0.39 is 20.0 Å². The summed E-state index contributed by atoms with van der Waals surface area (Å²) < 4.78 is 23.6. The first-order valence-electron chi connectivity index (χ1n) is 29.0. The van der Waals surface area contributed by atoms with E-state index in [-0.39, 0.29) is 19.1 Å². The third-order valence-corrected chi connectivity index (χ3v) is 14.0. The number of aliphatic hydroxyl groups is 1. The second-order valence-corrected chi connectivity index (χ2v) is 22.5. The van der Waals surface area contributed by atoms with Crippen molar-refractivity contribution in [2.24, 2.45) is 0 Å². The van der Waals surface area contributed by atoms with Gasteiger partial charge in [-0.1, -0.05) is 249 Å². The fourth-order valence-electron chi connectivity index (χ4n) is 8.44. The molecule has 0 heterocycles. The van der Waals surface area contributed by atoms with Gasteiger partial charge in [-0.25, -0.2) is 4.57 Å². The lowest BCUT2D eigenvalue weighted by Gasteiger charge is -2.25. The number of rotatable bonds is 53. The van der Waals surface area contributed by atoms with Crippen LogP contribution in [-0.4, -0.2) is 73.4 Å². The minimum absolute atomic E-state index is 0.0568. The predicted octanol–water partition coefficient (Wildman–Crippen LogP) is 17.5. The van der Waals surface area contributed by atoms with Crippen molar-refractivity contribution >= 4 is 13.7 Å². The van der Waals surface area contributed by atoms with Gasteiger partial charge in [0.15, 0.2) is 0 Å². The van der Waals surface area contributed by atoms with Crippen molar-refractivity contribution in [3.63, 3.8) is 0 Å². The molecule has 0 aliphatic rings. The molecule has 0 bridgehead atoms. The second-order valence-electron chi connectivity index (χ2n) is 21.0. The summed E-state index contributed by atoms with van der Waals surface area (Å²) in [7, 11) is 1.56. The zero-order valence-electron chi connectivity index (χ0n) is 45.6. The fraction of sp³-hybridized carbons (Fsp3) is 0.847. The van der Waals surface area contributed by atoms with E-state index in [0.717, 1.165) is 44.9 Å². The van der Waals surface area contributed by atoms with Gasteiger partial charge in [0.1, 0.15) is 13.2 Å². The zero-order valence-corrected chi connectivity index (χ0v) is 46.5. The number of carbonyl (C=O) groups is 1. The van der Waals surface area contributed by atoms with E-state index in [9.17, 15) is 19.4 Å². The lowest BCUT2D eigenvalue weighted by Crippen LogP contribution is -2.45. The lowest BCUT2D eigenvalue weighted by molar-refractivity contribution is -0.870. The van der Waals surface area contributed by atoms with E-state index in [1.807, 2.05) is 27.2 Å². The normalized spacial score (nSPS) is 14.3. The van der Waals surface area contributed by atoms with Crippen molar-refractivity contribution in [3.8, 4) is 0 Å². The highest BCUT2D eigenvalue weighted by atomic mass is 31.2. The van der Waals surface area contributed by atoms with Crippen molar-refractivity contribution in [2.75, 3.05) is 40.9 Å². The number of nitrogens with zero attached hydrogens (tertiary/aromatic N) is 1. The van der Waals surface area contributed by atoms with Gasteiger partial charge in [0.2, 0.25) is 5.91 Å². The van der Waals surface area contributed by atoms with Gasteiger partial charge in [0, 0.05) is 6.42 Å². The van der Waals surface area contributed by atoms with E-state index in [2.05, 4.69) is 55.6 Å². The maximum absolute atomic E-state index is 12.9. The van der Waals surface area contributed by atoms with Gasteiger partial charge in [-0.3, -0.25) is 13.8 Å². The Hall–Kier alpha value is -1.54.